The van der Waals surface area contributed by atoms with E-state index in [1.807, 2.05) is 0 Å². The topological polar surface area (TPSA) is 0 Å². The Morgan fingerprint density at radius 1 is 1.21 bits per heavy atom. The molecule has 0 N–H and O–H groups in total. The molecule has 1 rings (SSSR count). The van der Waals surface area contributed by atoms with Gasteiger partial charge in [0.25, 0.3) is 0 Å². The fourth-order valence-corrected chi connectivity index (χ4v) is 1.66. The summed E-state index contributed by atoms with van der Waals surface area (Å²) in [4.78, 5) is 0. The van der Waals surface area contributed by atoms with Crippen molar-refractivity contribution in [3.05, 3.63) is 35.4 Å². The lowest BCUT2D eigenvalue weighted by Crippen LogP contribution is -2.00. The van der Waals surface area contributed by atoms with E-state index < -0.39 is 11.6 Å². The van der Waals surface area contributed by atoms with Gasteiger partial charge in [0.05, 0.1) is 0 Å². The molecular weight excluding hydrogens is 182 g/mol. The Labute approximate surface area is 84.0 Å². The van der Waals surface area contributed by atoms with Gasteiger partial charge in [0, 0.05) is 0 Å². The van der Waals surface area contributed by atoms with Gasteiger partial charge in [-0.2, -0.15) is 0 Å². The first-order valence-corrected chi connectivity index (χ1v) is 5.07. The van der Waals surface area contributed by atoms with Gasteiger partial charge in [0.15, 0.2) is 11.6 Å². The van der Waals surface area contributed by atoms with Crippen molar-refractivity contribution in [1.82, 2.24) is 0 Å². The van der Waals surface area contributed by atoms with Gasteiger partial charge < -0.3 is 0 Å². The molecule has 0 heterocycles. The van der Waals surface area contributed by atoms with E-state index in [1.54, 1.807) is 6.07 Å². The second-order valence-corrected chi connectivity index (χ2v) is 3.85. The van der Waals surface area contributed by atoms with Crippen LogP contribution in [0, 0.1) is 17.6 Å². The van der Waals surface area contributed by atoms with E-state index in [9.17, 15) is 8.78 Å². The minimum Gasteiger partial charge on any atom is -0.204 e. The molecular formula is C12H16F2. The normalized spacial score (nSPS) is 12.9. The van der Waals surface area contributed by atoms with Crippen molar-refractivity contribution in [1.29, 1.82) is 0 Å². The number of hydrogen-bond acceptors (Lipinski definition) is 0. The molecule has 0 amide bonds. The standard InChI is InChI=1S/C12H16F2/c1-3-4-9(2)7-10-5-6-11(13)12(14)8-10/h5-6,8-9H,3-4,7H2,1-2H3/t9-/m0/s1. The van der Waals surface area contributed by atoms with E-state index in [0.717, 1.165) is 24.8 Å². The van der Waals surface area contributed by atoms with Crippen LogP contribution in [-0.2, 0) is 6.42 Å². The highest BCUT2D eigenvalue weighted by molar-refractivity contribution is 5.18. The van der Waals surface area contributed by atoms with Gasteiger partial charge in [-0.25, -0.2) is 8.78 Å². The molecule has 0 radical (unpaired) electrons. The highest BCUT2D eigenvalue weighted by Crippen LogP contribution is 2.15. The van der Waals surface area contributed by atoms with Crippen LogP contribution in [0.15, 0.2) is 18.2 Å². The van der Waals surface area contributed by atoms with Crippen molar-refractivity contribution in [2.75, 3.05) is 0 Å². The fourth-order valence-electron chi connectivity index (χ4n) is 1.66. The summed E-state index contributed by atoms with van der Waals surface area (Å²) in [7, 11) is 0. The Kier molecular flexibility index (Phi) is 4.05. The molecule has 1 aromatic carbocycles. The number of halogens is 2. The lowest BCUT2D eigenvalue weighted by atomic mass is 9.97. The SMILES string of the molecule is CCC[C@H](C)Cc1ccc(F)c(F)c1. The Hall–Kier alpha value is -0.920. The zero-order chi connectivity index (χ0) is 10.6. The summed E-state index contributed by atoms with van der Waals surface area (Å²) in [6.45, 7) is 4.26. The molecule has 0 aromatic heterocycles. The van der Waals surface area contributed by atoms with Gasteiger partial charge in [0.2, 0.25) is 0 Å². The summed E-state index contributed by atoms with van der Waals surface area (Å²) in [5, 5.41) is 0. The number of hydrogen-bond donors (Lipinski definition) is 0. The van der Waals surface area contributed by atoms with Gasteiger partial charge in [0.1, 0.15) is 0 Å². The van der Waals surface area contributed by atoms with E-state index in [1.165, 1.54) is 12.1 Å². The van der Waals surface area contributed by atoms with Crippen LogP contribution in [0.2, 0.25) is 0 Å². The first-order chi connectivity index (χ1) is 6.63. The maximum absolute atomic E-state index is 12.8. The van der Waals surface area contributed by atoms with Crippen LogP contribution in [0.1, 0.15) is 32.3 Å². The lowest BCUT2D eigenvalue weighted by Gasteiger charge is -2.09. The Morgan fingerprint density at radius 3 is 2.50 bits per heavy atom. The van der Waals surface area contributed by atoms with Gasteiger partial charge in [-0.15, -0.1) is 0 Å². The quantitative estimate of drug-likeness (QED) is 0.687. The van der Waals surface area contributed by atoms with Gasteiger partial charge >= 0.3 is 0 Å². The third-order valence-electron chi connectivity index (χ3n) is 2.35. The van der Waals surface area contributed by atoms with Crippen LogP contribution in [0.3, 0.4) is 0 Å². The molecule has 0 spiro atoms. The zero-order valence-corrected chi connectivity index (χ0v) is 8.69. The molecule has 0 aliphatic carbocycles. The smallest absolute Gasteiger partial charge is 0.159 e. The Balaban J connectivity index is 2.63. The highest BCUT2D eigenvalue weighted by Gasteiger charge is 2.06. The minimum atomic E-state index is -0.767. The molecule has 14 heavy (non-hydrogen) atoms. The Morgan fingerprint density at radius 2 is 1.93 bits per heavy atom. The summed E-state index contributed by atoms with van der Waals surface area (Å²) < 4.78 is 25.4. The van der Waals surface area contributed by atoms with Crippen LogP contribution < -0.4 is 0 Å². The summed E-state index contributed by atoms with van der Waals surface area (Å²) in [5.74, 6) is -0.979. The molecule has 0 unspecified atom stereocenters. The van der Waals surface area contributed by atoms with E-state index in [-0.39, 0.29) is 0 Å². The summed E-state index contributed by atoms with van der Waals surface area (Å²) >= 11 is 0. The van der Waals surface area contributed by atoms with Gasteiger partial charge in [-0.3, -0.25) is 0 Å². The van der Waals surface area contributed by atoms with Crippen molar-refractivity contribution in [3.63, 3.8) is 0 Å². The molecule has 0 fully saturated rings. The molecule has 1 aromatic rings. The molecule has 0 aliphatic heterocycles. The molecule has 0 aliphatic rings. The molecule has 0 saturated heterocycles. The number of benzene rings is 1. The van der Waals surface area contributed by atoms with Crippen LogP contribution in [-0.4, -0.2) is 0 Å². The minimum absolute atomic E-state index is 0.532. The predicted molar refractivity (Wildman–Crippen MR) is 54.1 cm³/mol. The van der Waals surface area contributed by atoms with E-state index >= 15 is 0 Å². The molecule has 78 valence electrons. The zero-order valence-electron chi connectivity index (χ0n) is 8.69. The third-order valence-corrected chi connectivity index (χ3v) is 2.35. The Bertz CT molecular complexity index is 294. The van der Waals surface area contributed by atoms with E-state index in [0.29, 0.717) is 5.92 Å². The van der Waals surface area contributed by atoms with Crippen LogP contribution in [0.5, 0.6) is 0 Å². The monoisotopic (exact) mass is 198 g/mol. The van der Waals surface area contributed by atoms with Crippen molar-refractivity contribution in [3.8, 4) is 0 Å². The van der Waals surface area contributed by atoms with Crippen LogP contribution in [0.25, 0.3) is 0 Å². The molecule has 1 atom stereocenters. The maximum atomic E-state index is 12.8. The summed E-state index contributed by atoms with van der Waals surface area (Å²) in [5.41, 5.74) is 0.879. The van der Waals surface area contributed by atoms with Crippen molar-refractivity contribution < 1.29 is 8.78 Å². The van der Waals surface area contributed by atoms with Gasteiger partial charge in [-0.05, 0) is 30.0 Å². The number of rotatable bonds is 4. The largest absolute Gasteiger partial charge is 0.204 e. The first kappa shape index (κ1) is 11.2. The first-order valence-electron chi connectivity index (χ1n) is 5.07. The van der Waals surface area contributed by atoms with E-state index in [4.69, 9.17) is 0 Å². The van der Waals surface area contributed by atoms with Crippen molar-refractivity contribution in [2.24, 2.45) is 5.92 Å². The molecule has 0 nitrogen and oxygen atoms in total. The average molecular weight is 198 g/mol. The van der Waals surface area contributed by atoms with Crippen molar-refractivity contribution >= 4 is 0 Å². The van der Waals surface area contributed by atoms with E-state index in [2.05, 4.69) is 13.8 Å². The second kappa shape index (κ2) is 5.08. The van der Waals surface area contributed by atoms with Crippen molar-refractivity contribution in [2.45, 2.75) is 33.1 Å². The lowest BCUT2D eigenvalue weighted by molar-refractivity contribution is 0.497. The molecule has 2 heteroatoms. The highest BCUT2D eigenvalue weighted by atomic mass is 19.2. The van der Waals surface area contributed by atoms with Gasteiger partial charge in [-0.1, -0.05) is 32.8 Å². The third kappa shape index (κ3) is 3.09. The average Bonchev–Trinajstić information content (AvgIpc) is 2.12. The summed E-state index contributed by atoms with van der Waals surface area (Å²) in [6.07, 6.45) is 3.08. The predicted octanol–water partition coefficient (Wildman–Crippen LogP) is 3.94. The second-order valence-electron chi connectivity index (χ2n) is 3.85. The van der Waals surface area contributed by atoms with Crippen LogP contribution >= 0.6 is 0 Å². The maximum Gasteiger partial charge on any atom is 0.159 e. The fraction of sp³-hybridized carbons (Fsp3) is 0.500. The van der Waals surface area contributed by atoms with Crippen LogP contribution in [0.4, 0.5) is 8.78 Å². The molecule has 0 bridgehead atoms. The summed E-state index contributed by atoms with van der Waals surface area (Å²) in [6, 6.07) is 4.15. The molecule has 0 saturated carbocycles.